The Labute approximate surface area is 82.4 Å². The van der Waals surface area contributed by atoms with Gasteiger partial charge in [0.15, 0.2) is 0 Å². The third-order valence-corrected chi connectivity index (χ3v) is 1.88. The molecule has 0 heterocycles. The molecule has 0 N–H and O–H groups in total. The van der Waals surface area contributed by atoms with E-state index < -0.39 is 0 Å². The van der Waals surface area contributed by atoms with Gasteiger partial charge in [-0.1, -0.05) is 30.3 Å². The molecule has 0 unspecified atom stereocenters. The molecule has 0 spiro atoms. The molecule has 1 aromatic carbocycles. The summed E-state index contributed by atoms with van der Waals surface area (Å²) in [7, 11) is 0. The lowest BCUT2D eigenvalue weighted by Crippen LogP contribution is -2.29. The molecule has 0 fully saturated rings. The first kappa shape index (κ1) is 10.3. The molecule has 14 heavy (non-hydrogen) atoms. The SMILES string of the molecule is CCN(Cc1ccccc1)/[N+]([O-])=N/[O-]. The molecule has 0 saturated carbocycles. The first-order valence-electron chi connectivity index (χ1n) is 4.37. The maximum Gasteiger partial charge on any atom is 0.102 e. The van der Waals surface area contributed by atoms with Crippen molar-refractivity contribution >= 4 is 0 Å². The quantitative estimate of drug-likeness (QED) is 0.417. The summed E-state index contributed by atoms with van der Waals surface area (Å²) >= 11 is 0. The van der Waals surface area contributed by atoms with Gasteiger partial charge in [0.2, 0.25) is 0 Å². The number of hydrazine groups is 1. The molecule has 0 saturated heterocycles. The van der Waals surface area contributed by atoms with Gasteiger partial charge in [-0.2, -0.15) is 0 Å². The number of nitrogens with zero attached hydrogens (tertiary/aromatic N) is 3. The Morgan fingerprint density at radius 2 is 2.00 bits per heavy atom. The van der Waals surface area contributed by atoms with E-state index in [-0.39, 0.29) is 4.97 Å². The second-order valence-corrected chi connectivity index (χ2v) is 2.80. The van der Waals surface area contributed by atoms with Gasteiger partial charge < -0.3 is 10.4 Å². The Balaban J connectivity index is 2.67. The maximum atomic E-state index is 10.9. The van der Waals surface area contributed by atoms with Crippen molar-refractivity contribution in [3.8, 4) is 0 Å². The lowest BCUT2D eigenvalue weighted by atomic mass is 10.2. The van der Waals surface area contributed by atoms with Crippen molar-refractivity contribution in [2.45, 2.75) is 13.5 Å². The Morgan fingerprint density at radius 1 is 1.36 bits per heavy atom. The maximum absolute atomic E-state index is 10.9. The minimum absolute atomic E-state index is 0.0764. The van der Waals surface area contributed by atoms with Gasteiger partial charge in [-0.15, -0.1) is 5.01 Å². The molecule has 0 aliphatic heterocycles. The van der Waals surface area contributed by atoms with Crippen molar-refractivity contribution in [1.82, 2.24) is 5.01 Å². The van der Waals surface area contributed by atoms with Crippen LogP contribution in [0.2, 0.25) is 0 Å². The molecule has 0 atom stereocenters. The molecule has 0 aliphatic rings. The summed E-state index contributed by atoms with van der Waals surface area (Å²) in [6.45, 7) is 2.63. The van der Waals surface area contributed by atoms with Gasteiger partial charge >= 0.3 is 0 Å². The van der Waals surface area contributed by atoms with Crippen LogP contribution in [0.15, 0.2) is 35.6 Å². The van der Waals surface area contributed by atoms with Crippen LogP contribution in [0.1, 0.15) is 12.5 Å². The van der Waals surface area contributed by atoms with E-state index in [4.69, 9.17) is 0 Å². The molecule has 5 heteroatoms. The van der Waals surface area contributed by atoms with Crippen LogP contribution >= 0.6 is 0 Å². The fraction of sp³-hybridized carbons (Fsp3) is 0.333. The topological polar surface area (TPSA) is 64.7 Å². The van der Waals surface area contributed by atoms with E-state index in [1.807, 2.05) is 30.3 Å². The van der Waals surface area contributed by atoms with E-state index in [1.54, 1.807) is 6.92 Å². The third kappa shape index (κ3) is 2.62. The molecule has 5 nitrogen and oxygen atoms in total. The Hall–Kier alpha value is -1.78. The van der Waals surface area contributed by atoms with Gasteiger partial charge in [0.1, 0.15) is 6.54 Å². The van der Waals surface area contributed by atoms with E-state index in [0.29, 0.717) is 13.1 Å². The normalized spacial score (nSPS) is 11.4. The first-order valence-corrected chi connectivity index (χ1v) is 4.37. The summed E-state index contributed by atoms with van der Waals surface area (Å²) in [4.78, 5) is 0.0764. The lowest BCUT2D eigenvalue weighted by Gasteiger charge is -2.17. The van der Waals surface area contributed by atoms with Crippen molar-refractivity contribution in [1.29, 1.82) is 0 Å². The average molecular weight is 194 g/mol. The van der Waals surface area contributed by atoms with Crippen LogP contribution in [0.4, 0.5) is 0 Å². The fourth-order valence-electron chi connectivity index (χ4n) is 1.14. The van der Waals surface area contributed by atoms with Crippen molar-refractivity contribution in [2.75, 3.05) is 6.54 Å². The Kier molecular flexibility index (Phi) is 3.72. The highest BCUT2D eigenvalue weighted by Crippen LogP contribution is 2.04. The summed E-state index contributed by atoms with van der Waals surface area (Å²) in [5.41, 5.74) is 0.971. The van der Waals surface area contributed by atoms with Gasteiger partial charge in [0.05, 0.1) is 6.54 Å². The minimum atomic E-state index is 0.0764. The molecular formula is C9H12N3O2-. The van der Waals surface area contributed by atoms with Crippen LogP contribution in [-0.4, -0.2) is 16.5 Å². The predicted molar refractivity (Wildman–Crippen MR) is 51.9 cm³/mol. The Bertz CT molecular complexity index is 300. The third-order valence-electron chi connectivity index (χ3n) is 1.88. The first-order chi connectivity index (χ1) is 6.77. The van der Waals surface area contributed by atoms with E-state index >= 15 is 0 Å². The van der Waals surface area contributed by atoms with Crippen LogP contribution in [0, 0.1) is 10.4 Å². The van der Waals surface area contributed by atoms with E-state index in [0.717, 1.165) is 5.56 Å². The zero-order valence-corrected chi connectivity index (χ0v) is 7.96. The minimum Gasteiger partial charge on any atom is -0.737 e. The fourth-order valence-corrected chi connectivity index (χ4v) is 1.14. The smallest absolute Gasteiger partial charge is 0.102 e. The van der Waals surface area contributed by atoms with Gasteiger partial charge in [0, 0.05) is 4.97 Å². The zero-order chi connectivity index (χ0) is 10.4. The van der Waals surface area contributed by atoms with E-state index in [2.05, 4.69) is 5.28 Å². The standard InChI is InChI=1S/C9H13N3O2/c1-2-11(12(14)10-13)8-9-6-4-3-5-7-9/h3-7,13H,2,8H2,1H3/p-1/b12-10-. The molecule has 0 amide bonds. The van der Waals surface area contributed by atoms with Crippen LogP contribution in [-0.2, 0) is 6.54 Å². The van der Waals surface area contributed by atoms with Crippen LogP contribution < -0.4 is 0 Å². The zero-order valence-electron chi connectivity index (χ0n) is 7.96. The monoisotopic (exact) mass is 194 g/mol. The van der Waals surface area contributed by atoms with Crippen LogP contribution in [0.5, 0.6) is 0 Å². The average Bonchev–Trinajstić information content (AvgIpc) is 2.26. The van der Waals surface area contributed by atoms with Crippen LogP contribution in [0.25, 0.3) is 0 Å². The van der Waals surface area contributed by atoms with Crippen molar-refractivity contribution in [2.24, 2.45) is 5.28 Å². The van der Waals surface area contributed by atoms with Crippen molar-refractivity contribution in [3.05, 3.63) is 46.3 Å². The molecule has 0 aromatic heterocycles. The van der Waals surface area contributed by atoms with Crippen molar-refractivity contribution in [3.63, 3.8) is 0 Å². The van der Waals surface area contributed by atoms with Gasteiger partial charge in [-0.05, 0) is 17.8 Å². The molecule has 0 bridgehead atoms. The molecular weight excluding hydrogens is 182 g/mol. The summed E-state index contributed by atoms with van der Waals surface area (Å²) in [6.07, 6.45) is 0. The largest absolute Gasteiger partial charge is 0.737 e. The van der Waals surface area contributed by atoms with Gasteiger partial charge in [-0.3, -0.25) is 0 Å². The van der Waals surface area contributed by atoms with E-state index in [1.165, 1.54) is 5.01 Å². The van der Waals surface area contributed by atoms with E-state index in [9.17, 15) is 10.4 Å². The molecule has 76 valence electrons. The summed E-state index contributed by atoms with van der Waals surface area (Å²) < 4.78 is 0. The lowest BCUT2D eigenvalue weighted by molar-refractivity contribution is -0.693. The Morgan fingerprint density at radius 3 is 2.50 bits per heavy atom. The molecule has 0 aliphatic carbocycles. The number of hydrogen-bond acceptors (Lipinski definition) is 3. The summed E-state index contributed by atoms with van der Waals surface area (Å²) in [5.74, 6) is 0. The number of hydrogen-bond donors (Lipinski definition) is 0. The number of benzene rings is 1. The number of rotatable bonds is 4. The summed E-state index contributed by atoms with van der Waals surface area (Å²) in [6, 6.07) is 9.44. The van der Waals surface area contributed by atoms with Crippen molar-refractivity contribution < 1.29 is 4.97 Å². The second kappa shape index (κ2) is 5.06. The second-order valence-electron chi connectivity index (χ2n) is 2.80. The highest BCUT2D eigenvalue weighted by molar-refractivity contribution is 5.13. The molecule has 0 radical (unpaired) electrons. The van der Waals surface area contributed by atoms with Gasteiger partial charge in [0.25, 0.3) is 0 Å². The highest BCUT2D eigenvalue weighted by atomic mass is 16.6. The molecule has 1 rings (SSSR count). The molecule has 1 aromatic rings. The highest BCUT2D eigenvalue weighted by Gasteiger charge is 2.08. The predicted octanol–water partition coefficient (Wildman–Crippen LogP) is 1.88. The summed E-state index contributed by atoms with van der Waals surface area (Å²) in [5, 5.41) is 24.5. The van der Waals surface area contributed by atoms with Crippen LogP contribution in [0.3, 0.4) is 0 Å². The van der Waals surface area contributed by atoms with Gasteiger partial charge in [-0.25, -0.2) is 0 Å².